The Morgan fingerprint density at radius 2 is 1.89 bits per heavy atom. The first-order chi connectivity index (χ1) is 8.75. The highest BCUT2D eigenvalue weighted by atomic mass is 35.5. The van der Waals surface area contributed by atoms with E-state index in [1.54, 1.807) is 30.5 Å². The molecule has 0 atom stereocenters. The Hall–Kier alpha value is -2.20. The Labute approximate surface area is 107 Å². The lowest BCUT2D eigenvalue weighted by Gasteiger charge is -2.03. The van der Waals surface area contributed by atoms with Crippen LogP contribution in [-0.2, 0) is 0 Å². The third kappa shape index (κ3) is 1.76. The number of aromatic nitrogens is 3. The van der Waals surface area contributed by atoms with E-state index in [1.165, 1.54) is 0 Å². The molecular formula is C13H8ClN3O. The lowest BCUT2D eigenvalue weighted by Crippen LogP contribution is -2.10. The molecule has 0 fully saturated rings. The predicted molar refractivity (Wildman–Crippen MR) is 70.6 cm³/mol. The maximum atomic E-state index is 11.6. The molecule has 3 rings (SSSR count). The summed E-state index contributed by atoms with van der Waals surface area (Å²) in [6.07, 6.45) is 1.64. The van der Waals surface area contributed by atoms with Crippen molar-refractivity contribution in [3.8, 4) is 11.3 Å². The van der Waals surface area contributed by atoms with Gasteiger partial charge in [-0.3, -0.25) is 9.78 Å². The smallest absolute Gasteiger partial charge is 0.267 e. The van der Waals surface area contributed by atoms with Crippen molar-refractivity contribution in [3.05, 3.63) is 58.0 Å². The fourth-order valence-electron chi connectivity index (χ4n) is 1.81. The van der Waals surface area contributed by atoms with Crippen molar-refractivity contribution in [2.24, 2.45) is 0 Å². The van der Waals surface area contributed by atoms with Gasteiger partial charge in [0.2, 0.25) is 0 Å². The molecule has 88 valence electrons. The predicted octanol–water partition coefficient (Wildman–Crippen LogP) is 2.64. The largest absolute Gasteiger partial charge is 0.273 e. The van der Waals surface area contributed by atoms with E-state index < -0.39 is 0 Å². The highest BCUT2D eigenvalue weighted by Crippen LogP contribution is 2.23. The van der Waals surface area contributed by atoms with Crippen LogP contribution in [0.4, 0.5) is 0 Å². The number of halogens is 1. The van der Waals surface area contributed by atoms with Gasteiger partial charge in [0.05, 0.1) is 5.39 Å². The van der Waals surface area contributed by atoms with Crippen LogP contribution in [0.15, 0.2) is 47.4 Å². The number of aromatic amines is 1. The van der Waals surface area contributed by atoms with E-state index in [-0.39, 0.29) is 5.56 Å². The molecule has 0 aliphatic rings. The lowest BCUT2D eigenvalue weighted by atomic mass is 10.1. The number of nitrogens with one attached hydrogen (secondary N) is 1. The number of rotatable bonds is 1. The van der Waals surface area contributed by atoms with Crippen LogP contribution in [0.1, 0.15) is 0 Å². The second-order valence-corrected chi connectivity index (χ2v) is 4.24. The van der Waals surface area contributed by atoms with Gasteiger partial charge in [-0.05, 0) is 24.3 Å². The van der Waals surface area contributed by atoms with Gasteiger partial charge in [-0.1, -0.05) is 23.7 Å². The Morgan fingerprint density at radius 1 is 1.11 bits per heavy atom. The SMILES string of the molecule is O=c1[nH]nc(-c2ccc(Cl)cc2)c2ncccc12. The maximum Gasteiger partial charge on any atom is 0.273 e. The summed E-state index contributed by atoms with van der Waals surface area (Å²) in [6, 6.07) is 10.7. The number of H-pyrrole nitrogens is 1. The van der Waals surface area contributed by atoms with Gasteiger partial charge in [0.15, 0.2) is 0 Å². The summed E-state index contributed by atoms with van der Waals surface area (Å²) in [7, 11) is 0. The van der Waals surface area contributed by atoms with Crippen LogP contribution in [0.25, 0.3) is 22.2 Å². The molecule has 0 spiro atoms. The summed E-state index contributed by atoms with van der Waals surface area (Å²) in [6.45, 7) is 0. The minimum atomic E-state index is -0.240. The summed E-state index contributed by atoms with van der Waals surface area (Å²) in [5.41, 5.74) is 1.85. The normalized spacial score (nSPS) is 10.7. The number of benzene rings is 1. The van der Waals surface area contributed by atoms with Crippen molar-refractivity contribution in [1.29, 1.82) is 0 Å². The average Bonchev–Trinajstić information content (AvgIpc) is 2.41. The highest BCUT2D eigenvalue weighted by Gasteiger charge is 2.09. The zero-order valence-corrected chi connectivity index (χ0v) is 9.98. The first kappa shape index (κ1) is 10.9. The number of nitrogens with zero attached hydrogens (tertiary/aromatic N) is 2. The molecule has 1 aromatic carbocycles. The van der Waals surface area contributed by atoms with E-state index in [0.717, 1.165) is 5.56 Å². The van der Waals surface area contributed by atoms with Crippen LogP contribution in [0.3, 0.4) is 0 Å². The van der Waals surface area contributed by atoms with Gasteiger partial charge in [0, 0.05) is 16.8 Å². The molecule has 2 heterocycles. The van der Waals surface area contributed by atoms with Gasteiger partial charge in [-0.25, -0.2) is 5.10 Å². The third-order valence-corrected chi connectivity index (χ3v) is 2.92. The van der Waals surface area contributed by atoms with Crippen molar-refractivity contribution in [2.75, 3.05) is 0 Å². The zero-order valence-electron chi connectivity index (χ0n) is 9.22. The van der Waals surface area contributed by atoms with Crippen LogP contribution in [0.5, 0.6) is 0 Å². The van der Waals surface area contributed by atoms with Crippen LogP contribution in [0.2, 0.25) is 5.02 Å². The molecule has 0 saturated heterocycles. The molecule has 0 aliphatic heterocycles. The number of pyridine rings is 1. The van der Waals surface area contributed by atoms with Crippen LogP contribution in [0, 0.1) is 0 Å². The number of hydrogen-bond acceptors (Lipinski definition) is 3. The molecule has 0 saturated carbocycles. The van der Waals surface area contributed by atoms with E-state index in [1.807, 2.05) is 12.1 Å². The van der Waals surface area contributed by atoms with Crippen molar-refractivity contribution < 1.29 is 0 Å². The Balaban J connectivity index is 2.33. The first-order valence-electron chi connectivity index (χ1n) is 5.35. The Bertz CT molecular complexity index is 765. The van der Waals surface area contributed by atoms with Crippen molar-refractivity contribution in [2.45, 2.75) is 0 Å². The molecule has 0 bridgehead atoms. The Kier molecular flexibility index (Phi) is 2.57. The molecule has 4 nitrogen and oxygen atoms in total. The van der Waals surface area contributed by atoms with Gasteiger partial charge in [0.1, 0.15) is 11.2 Å². The van der Waals surface area contributed by atoms with Crippen LogP contribution in [-0.4, -0.2) is 15.2 Å². The molecule has 1 N–H and O–H groups in total. The zero-order chi connectivity index (χ0) is 12.5. The molecular weight excluding hydrogens is 250 g/mol. The molecule has 0 aliphatic carbocycles. The minimum Gasteiger partial charge on any atom is -0.267 e. The van der Waals surface area contributed by atoms with E-state index in [4.69, 9.17) is 11.6 Å². The molecule has 0 unspecified atom stereocenters. The lowest BCUT2D eigenvalue weighted by molar-refractivity contribution is 1.01. The quantitative estimate of drug-likeness (QED) is 0.729. The summed E-state index contributed by atoms with van der Waals surface area (Å²) < 4.78 is 0. The maximum absolute atomic E-state index is 11.6. The second-order valence-electron chi connectivity index (χ2n) is 3.81. The van der Waals surface area contributed by atoms with E-state index >= 15 is 0 Å². The Morgan fingerprint density at radius 3 is 2.67 bits per heavy atom. The molecule has 0 radical (unpaired) electrons. The van der Waals surface area contributed by atoms with E-state index in [9.17, 15) is 4.79 Å². The van der Waals surface area contributed by atoms with Gasteiger partial charge >= 0.3 is 0 Å². The van der Waals surface area contributed by atoms with Gasteiger partial charge < -0.3 is 0 Å². The third-order valence-electron chi connectivity index (χ3n) is 2.66. The van der Waals surface area contributed by atoms with Crippen molar-refractivity contribution in [1.82, 2.24) is 15.2 Å². The number of hydrogen-bond donors (Lipinski definition) is 1. The fraction of sp³-hybridized carbons (Fsp3) is 0. The van der Waals surface area contributed by atoms with Crippen LogP contribution < -0.4 is 5.56 Å². The highest BCUT2D eigenvalue weighted by molar-refractivity contribution is 6.30. The van der Waals surface area contributed by atoms with Crippen molar-refractivity contribution >= 4 is 22.5 Å². The van der Waals surface area contributed by atoms with Gasteiger partial charge in [0.25, 0.3) is 5.56 Å². The summed E-state index contributed by atoms with van der Waals surface area (Å²) in [4.78, 5) is 15.9. The second kappa shape index (κ2) is 4.23. The topological polar surface area (TPSA) is 58.6 Å². The molecule has 2 aromatic heterocycles. The minimum absolute atomic E-state index is 0.240. The first-order valence-corrected chi connectivity index (χ1v) is 5.73. The van der Waals surface area contributed by atoms with Gasteiger partial charge in [-0.2, -0.15) is 5.10 Å². The monoisotopic (exact) mass is 257 g/mol. The fourth-order valence-corrected chi connectivity index (χ4v) is 1.93. The van der Waals surface area contributed by atoms with Gasteiger partial charge in [-0.15, -0.1) is 0 Å². The summed E-state index contributed by atoms with van der Waals surface area (Å²) >= 11 is 5.85. The van der Waals surface area contributed by atoms with E-state index in [0.29, 0.717) is 21.6 Å². The number of fused-ring (bicyclic) bond motifs is 1. The molecule has 3 aromatic rings. The van der Waals surface area contributed by atoms with Crippen molar-refractivity contribution in [3.63, 3.8) is 0 Å². The summed E-state index contributed by atoms with van der Waals surface area (Å²) in [5, 5.41) is 7.72. The standard InChI is InChI=1S/C13H8ClN3O/c14-9-5-3-8(4-6-9)11-12-10(2-1-7-15-12)13(18)17-16-11/h1-7H,(H,17,18). The molecule has 18 heavy (non-hydrogen) atoms. The molecule has 0 amide bonds. The van der Waals surface area contributed by atoms with Crippen LogP contribution >= 0.6 is 11.6 Å². The van der Waals surface area contributed by atoms with E-state index in [2.05, 4.69) is 15.2 Å². The summed E-state index contributed by atoms with van der Waals surface area (Å²) in [5.74, 6) is 0. The molecule has 5 heteroatoms. The average molecular weight is 258 g/mol.